The van der Waals surface area contributed by atoms with Gasteiger partial charge in [-0.3, -0.25) is 0 Å². The molecule has 0 heterocycles. The number of aliphatic hydroxyl groups is 1. The number of carbonyl (C=O) groups excluding carboxylic acids is 1. The molecule has 0 saturated carbocycles. The third kappa shape index (κ3) is 4.00. The van der Waals surface area contributed by atoms with Gasteiger partial charge >= 0.3 is 6.09 Å². The molecule has 1 aliphatic rings. The maximum absolute atomic E-state index is 12.2. The van der Waals surface area contributed by atoms with E-state index in [0.29, 0.717) is 13.2 Å². The predicted octanol–water partition coefficient (Wildman–Crippen LogP) is 5.04. The number of hydrogen-bond acceptors (Lipinski definition) is 3. The summed E-state index contributed by atoms with van der Waals surface area (Å²) >= 11 is 0. The molecule has 0 fully saturated rings. The van der Waals surface area contributed by atoms with E-state index in [1.807, 2.05) is 61.5 Å². The van der Waals surface area contributed by atoms with Crippen molar-refractivity contribution in [2.45, 2.75) is 19.4 Å². The molecule has 152 valence electrons. The number of nitrogens with one attached hydrogen (secondary N) is 1. The van der Waals surface area contributed by atoms with Crippen molar-refractivity contribution in [2.24, 2.45) is 0 Å². The number of alkyl carbamates (subject to hydrolysis) is 1. The van der Waals surface area contributed by atoms with Gasteiger partial charge in [0.2, 0.25) is 0 Å². The Morgan fingerprint density at radius 3 is 2.33 bits per heavy atom. The summed E-state index contributed by atoms with van der Waals surface area (Å²) < 4.78 is 5.54. The van der Waals surface area contributed by atoms with Crippen molar-refractivity contribution in [3.63, 3.8) is 0 Å². The van der Waals surface area contributed by atoms with E-state index in [-0.39, 0.29) is 12.5 Å². The van der Waals surface area contributed by atoms with Crippen LogP contribution >= 0.6 is 0 Å². The van der Waals surface area contributed by atoms with Crippen molar-refractivity contribution in [1.29, 1.82) is 0 Å². The molecule has 1 amide bonds. The average Bonchev–Trinajstić information content (AvgIpc) is 3.10. The van der Waals surface area contributed by atoms with Gasteiger partial charge in [-0.05, 0) is 45.9 Å². The molecule has 0 spiro atoms. The van der Waals surface area contributed by atoms with Crippen LogP contribution < -0.4 is 5.32 Å². The number of aliphatic hydroxyl groups excluding tert-OH is 1. The van der Waals surface area contributed by atoms with Crippen LogP contribution in [0.1, 0.15) is 33.7 Å². The molecule has 0 aromatic heterocycles. The van der Waals surface area contributed by atoms with E-state index in [1.54, 1.807) is 0 Å². The first-order valence-electron chi connectivity index (χ1n) is 10.1. The van der Waals surface area contributed by atoms with Crippen molar-refractivity contribution in [3.8, 4) is 11.1 Å². The van der Waals surface area contributed by atoms with Gasteiger partial charge < -0.3 is 15.2 Å². The number of benzene rings is 3. The topological polar surface area (TPSA) is 58.6 Å². The molecule has 4 heteroatoms. The lowest BCUT2D eigenvalue weighted by atomic mass is 9.98. The Kier molecular flexibility index (Phi) is 5.96. The Balaban J connectivity index is 1.34. The number of carbonyl (C=O) groups is 1. The summed E-state index contributed by atoms with van der Waals surface area (Å²) in [6.07, 6.45) is 3.39. The van der Waals surface area contributed by atoms with E-state index in [4.69, 9.17) is 4.74 Å². The lowest BCUT2D eigenvalue weighted by Crippen LogP contribution is -2.26. The summed E-state index contributed by atoms with van der Waals surface area (Å²) in [5.74, 6) is 0.0579. The van der Waals surface area contributed by atoms with Gasteiger partial charge in [-0.1, -0.05) is 78.9 Å². The number of amides is 1. The molecule has 0 aliphatic heterocycles. The number of rotatable bonds is 6. The summed E-state index contributed by atoms with van der Waals surface area (Å²) in [6.45, 7) is 2.68. The summed E-state index contributed by atoms with van der Waals surface area (Å²) in [5.41, 5.74) is 7.79. The number of hydrogen-bond donors (Lipinski definition) is 2. The van der Waals surface area contributed by atoms with Crippen LogP contribution in [0.25, 0.3) is 17.2 Å². The van der Waals surface area contributed by atoms with Gasteiger partial charge in [-0.2, -0.15) is 0 Å². The van der Waals surface area contributed by atoms with Gasteiger partial charge in [0, 0.05) is 12.5 Å². The molecule has 4 rings (SSSR count). The first-order valence-corrected chi connectivity index (χ1v) is 10.1. The van der Waals surface area contributed by atoms with E-state index in [2.05, 4.69) is 29.6 Å². The van der Waals surface area contributed by atoms with E-state index in [9.17, 15) is 9.90 Å². The van der Waals surface area contributed by atoms with E-state index in [1.165, 1.54) is 22.3 Å². The van der Waals surface area contributed by atoms with E-state index >= 15 is 0 Å². The number of ether oxygens (including phenoxy) is 1. The van der Waals surface area contributed by atoms with Crippen molar-refractivity contribution in [1.82, 2.24) is 5.32 Å². The van der Waals surface area contributed by atoms with Crippen LogP contribution in [0.15, 0.2) is 72.8 Å². The lowest BCUT2D eigenvalue weighted by molar-refractivity contribution is 0.144. The van der Waals surface area contributed by atoms with Gasteiger partial charge in [0.1, 0.15) is 6.61 Å². The molecule has 3 aromatic rings. The SMILES string of the molecule is Cc1c(C=CCNC(=O)OCC2c3ccccc3-c3ccccc32)cccc1CO. The van der Waals surface area contributed by atoms with Crippen LogP contribution in [-0.4, -0.2) is 24.4 Å². The highest BCUT2D eigenvalue weighted by molar-refractivity contribution is 5.79. The number of fused-ring (bicyclic) bond motifs is 3. The molecule has 2 N–H and O–H groups in total. The minimum atomic E-state index is -0.428. The molecule has 0 unspecified atom stereocenters. The third-order valence-electron chi connectivity index (χ3n) is 5.66. The molecule has 0 bridgehead atoms. The smallest absolute Gasteiger partial charge is 0.407 e. The lowest BCUT2D eigenvalue weighted by Gasteiger charge is -2.14. The first kappa shape index (κ1) is 19.9. The zero-order valence-electron chi connectivity index (χ0n) is 17.0. The van der Waals surface area contributed by atoms with Crippen LogP contribution in [0.3, 0.4) is 0 Å². The average molecular weight is 399 g/mol. The molecule has 3 aromatic carbocycles. The standard InChI is InChI=1S/C26H25NO3/c1-18-19(8-6-9-20(18)16-28)10-7-15-27-26(29)30-17-25-23-13-4-2-11-21(23)22-12-3-5-14-24(22)25/h2-14,25,28H,15-17H2,1H3,(H,27,29). The second kappa shape index (κ2) is 8.97. The van der Waals surface area contributed by atoms with Gasteiger partial charge in [-0.25, -0.2) is 4.79 Å². The quantitative estimate of drug-likeness (QED) is 0.611. The van der Waals surface area contributed by atoms with Crippen LogP contribution in [0.2, 0.25) is 0 Å². The van der Waals surface area contributed by atoms with Gasteiger partial charge in [0.25, 0.3) is 0 Å². The normalized spacial score (nSPS) is 12.6. The maximum Gasteiger partial charge on any atom is 0.407 e. The highest BCUT2D eigenvalue weighted by atomic mass is 16.5. The van der Waals surface area contributed by atoms with Crippen LogP contribution in [0, 0.1) is 6.92 Å². The van der Waals surface area contributed by atoms with E-state index in [0.717, 1.165) is 16.7 Å². The summed E-state index contributed by atoms with van der Waals surface area (Å²) in [7, 11) is 0. The molecule has 1 aliphatic carbocycles. The molecule has 0 saturated heterocycles. The highest BCUT2D eigenvalue weighted by Gasteiger charge is 2.28. The first-order chi connectivity index (χ1) is 14.7. The second-order valence-corrected chi connectivity index (χ2v) is 7.40. The highest BCUT2D eigenvalue weighted by Crippen LogP contribution is 2.44. The zero-order valence-corrected chi connectivity index (χ0v) is 17.0. The Morgan fingerprint density at radius 2 is 1.67 bits per heavy atom. The maximum atomic E-state index is 12.2. The predicted molar refractivity (Wildman–Crippen MR) is 119 cm³/mol. The fourth-order valence-corrected chi connectivity index (χ4v) is 4.03. The Bertz CT molecular complexity index is 1040. The Hall–Kier alpha value is -3.37. The molecular formula is C26H25NO3. The van der Waals surface area contributed by atoms with Crippen molar-refractivity contribution in [2.75, 3.05) is 13.2 Å². The van der Waals surface area contributed by atoms with Gasteiger partial charge in [-0.15, -0.1) is 0 Å². The fraction of sp³-hybridized carbons (Fsp3) is 0.192. The third-order valence-corrected chi connectivity index (χ3v) is 5.66. The molecular weight excluding hydrogens is 374 g/mol. The van der Waals surface area contributed by atoms with E-state index < -0.39 is 6.09 Å². The zero-order chi connectivity index (χ0) is 20.9. The van der Waals surface area contributed by atoms with Crippen LogP contribution in [-0.2, 0) is 11.3 Å². The fourth-order valence-electron chi connectivity index (χ4n) is 4.03. The summed E-state index contributed by atoms with van der Waals surface area (Å²) in [6, 6.07) is 22.4. The monoisotopic (exact) mass is 399 g/mol. The molecule has 30 heavy (non-hydrogen) atoms. The minimum absolute atomic E-state index is 0.0194. The van der Waals surface area contributed by atoms with Crippen LogP contribution in [0.5, 0.6) is 0 Å². The Labute approximate surface area is 176 Å². The second-order valence-electron chi connectivity index (χ2n) is 7.40. The molecule has 0 radical (unpaired) electrons. The minimum Gasteiger partial charge on any atom is -0.449 e. The van der Waals surface area contributed by atoms with Gasteiger partial charge in [0.05, 0.1) is 6.61 Å². The van der Waals surface area contributed by atoms with Crippen molar-refractivity contribution < 1.29 is 14.6 Å². The largest absolute Gasteiger partial charge is 0.449 e. The van der Waals surface area contributed by atoms with Crippen molar-refractivity contribution in [3.05, 3.63) is 101 Å². The summed E-state index contributed by atoms with van der Waals surface area (Å²) in [4.78, 5) is 12.2. The van der Waals surface area contributed by atoms with Gasteiger partial charge in [0.15, 0.2) is 0 Å². The Morgan fingerprint density at radius 1 is 1.00 bits per heavy atom. The summed E-state index contributed by atoms with van der Waals surface area (Å²) in [5, 5.41) is 12.1. The molecule has 4 nitrogen and oxygen atoms in total. The van der Waals surface area contributed by atoms with Crippen LogP contribution in [0.4, 0.5) is 4.79 Å². The van der Waals surface area contributed by atoms with Crippen molar-refractivity contribution >= 4 is 12.2 Å². The molecule has 0 atom stereocenters.